The van der Waals surface area contributed by atoms with Crippen LogP contribution in [0.5, 0.6) is 11.5 Å². The summed E-state index contributed by atoms with van der Waals surface area (Å²) < 4.78 is 5.66. The van der Waals surface area contributed by atoms with Gasteiger partial charge in [-0.2, -0.15) is 0 Å². The number of aryl methyl sites for hydroxylation is 1. The second-order valence-electron chi connectivity index (χ2n) is 4.30. The van der Waals surface area contributed by atoms with Crippen molar-refractivity contribution in [1.82, 2.24) is 4.98 Å². The van der Waals surface area contributed by atoms with Crippen LogP contribution in [-0.2, 0) is 6.61 Å². The van der Waals surface area contributed by atoms with Crippen LogP contribution < -0.4 is 4.74 Å². The smallest absolute Gasteiger partial charge is 0.162 e. The Labute approximate surface area is 115 Å². The van der Waals surface area contributed by atoms with Crippen molar-refractivity contribution < 1.29 is 9.84 Å². The number of benzene rings is 2. The molecule has 2 aromatic carbocycles. The summed E-state index contributed by atoms with van der Waals surface area (Å²) in [7, 11) is 0. The highest BCUT2D eigenvalue weighted by Crippen LogP contribution is 2.32. The monoisotopic (exact) mass is 271 g/mol. The zero-order chi connectivity index (χ0) is 13.2. The number of aromatic nitrogens is 1. The Balaban J connectivity index is 1.86. The maximum absolute atomic E-state index is 9.95. The first-order chi connectivity index (χ1) is 9.22. The van der Waals surface area contributed by atoms with Gasteiger partial charge in [-0.25, -0.2) is 4.98 Å². The van der Waals surface area contributed by atoms with Crippen molar-refractivity contribution in [3.8, 4) is 11.5 Å². The fourth-order valence-electron chi connectivity index (χ4n) is 1.94. The van der Waals surface area contributed by atoms with Crippen molar-refractivity contribution in [2.24, 2.45) is 0 Å². The van der Waals surface area contributed by atoms with Gasteiger partial charge in [-0.3, -0.25) is 0 Å². The maximum Gasteiger partial charge on any atom is 0.162 e. The second kappa shape index (κ2) is 4.90. The second-order valence-corrected chi connectivity index (χ2v) is 5.62. The Morgan fingerprint density at radius 2 is 1.95 bits per heavy atom. The molecule has 0 saturated heterocycles. The van der Waals surface area contributed by atoms with E-state index in [2.05, 4.69) is 4.98 Å². The highest BCUT2D eigenvalue weighted by Gasteiger charge is 2.06. The van der Waals surface area contributed by atoms with Crippen LogP contribution in [0.3, 0.4) is 0 Å². The van der Waals surface area contributed by atoms with Crippen molar-refractivity contribution in [3.05, 3.63) is 52.5 Å². The molecule has 0 aliphatic rings. The van der Waals surface area contributed by atoms with Crippen LogP contribution in [0.2, 0.25) is 0 Å². The average molecular weight is 271 g/mol. The average Bonchev–Trinajstić information content (AvgIpc) is 2.82. The van der Waals surface area contributed by atoms with Gasteiger partial charge in [0, 0.05) is 6.20 Å². The molecule has 1 heterocycles. The molecule has 0 aliphatic heterocycles. The third-order valence-corrected chi connectivity index (χ3v) is 3.75. The molecule has 19 heavy (non-hydrogen) atoms. The molecule has 0 amide bonds. The molecule has 0 atom stereocenters. The lowest BCUT2D eigenvalue weighted by Gasteiger charge is -2.08. The molecule has 0 aliphatic carbocycles. The number of ether oxygens (including phenoxy) is 1. The number of phenols is 1. The van der Waals surface area contributed by atoms with E-state index in [4.69, 9.17) is 4.74 Å². The number of hydrogen-bond donors (Lipinski definition) is 1. The van der Waals surface area contributed by atoms with E-state index >= 15 is 0 Å². The zero-order valence-electron chi connectivity index (χ0n) is 10.5. The molecule has 4 heteroatoms. The molecule has 0 unspecified atom stereocenters. The van der Waals surface area contributed by atoms with Crippen molar-refractivity contribution in [3.63, 3.8) is 0 Å². The number of fused-ring (bicyclic) bond motifs is 1. The highest BCUT2D eigenvalue weighted by molar-refractivity contribution is 7.11. The molecule has 3 nitrogen and oxygen atoms in total. The van der Waals surface area contributed by atoms with E-state index in [9.17, 15) is 5.11 Å². The van der Waals surface area contributed by atoms with Crippen LogP contribution in [0.25, 0.3) is 10.8 Å². The molecule has 3 rings (SSSR count). The van der Waals surface area contributed by atoms with Gasteiger partial charge >= 0.3 is 0 Å². The number of thiazole rings is 1. The Kier molecular flexibility index (Phi) is 3.09. The Morgan fingerprint density at radius 3 is 2.63 bits per heavy atom. The van der Waals surface area contributed by atoms with Crippen LogP contribution in [0.4, 0.5) is 0 Å². The van der Waals surface area contributed by atoms with E-state index in [-0.39, 0.29) is 5.75 Å². The van der Waals surface area contributed by atoms with Gasteiger partial charge in [0.15, 0.2) is 11.5 Å². The van der Waals surface area contributed by atoms with Crippen LogP contribution in [0, 0.1) is 6.92 Å². The quantitative estimate of drug-likeness (QED) is 0.785. The topological polar surface area (TPSA) is 42.4 Å². The summed E-state index contributed by atoms with van der Waals surface area (Å²) in [5.74, 6) is 0.671. The molecule has 0 fully saturated rings. The third-order valence-electron chi connectivity index (χ3n) is 2.87. The fraction of sp³-hybridized carbons (Fsp3) is 0.133. The number of nitrogens with zero attached hydrogens (tertiary/aromatic N) is 1. The lowest BCUT2D eigenvalue weighted by molar-refractivity contribution is 0.292. The first kappa shape index (κ1) is 12.0. The van der Waals surface area contributed by atoms with Gasteiger partial charge in [0.05, 0.1) is 9.88 Å². The van der Waals surface area contributed by atoms with Crippen molar-refractivity contribution in [2.45, 2.75) is 13.5 Å². The lowest BCUT2D eigenvalue weighted by atomic mass is 10.1. The largest absolute Gasteiger partial charge is 0.504 e. The Morgan fingerprint density at radius 1 is 1.21 bits per heavy atom. The van der Waals surface area contributed by atoms with Crippen LogP contribution in [0.15, 0.2) is 42.6 Å². The van der Waals surface area contributed by atoms with Crippen molar-refractivity contribution in [2.75, 3.05) is 0 Å². The summed E-state index contributed by atoms with van der Waals surface area (Å²) in [6.07, 6.45) is 1.80. The van der Waals surface area contributed by atoms with Gasteiger partial charge in [-0.15, -0.1) is 11.3 Å². The number of phenolic OH excluding ortho intramolecular Hbond substituents is 1. The van der Waals surface area contributed by atoms with Crippen molar-refractivity contribution in [1.29, 1.82) is 0 Å². The van der Waals surface area contributed by atoms with Crippen LogP contribution >= 0.6 is 11.3 Å². The van der Waals surface area contributed by atoms with Gasteiger partial charge in [-0.05, 0) is 29.8 Å². The van der Waals surface area contributed by atoms with E-state index in [0.717, 1.165) is 20.7 Å². The minimum Gasteiger partial charge on any atom is -0.504 e. The summed E-state index contributed by atoms with van der Waals surface area (Å²) in [5, 5.41) is 13.0. The fourth-order valence-corrected chi connectivity index (χ4v) is 2.65. The molecule has 1 N–H and O–H groups in total. The summed E-state index contributed by atoms with van der Waals surface area (Å²) >= 11 is 1.60. The molecule has 96 valence electrons. The van der Waals surface area contributed by atoms with Gasteiger partial charge in [-0.1, -0.05) is 24.3 Å². The maximum atomic E-state index is 9.95. The molecular weight excluding hydrogens is 258 g/mol. The minimum absolute atomic E-state index is 0.167. The molecule has 0 saturated carbocycles. The lowest BCUT2D eigenvalue weighted by Crippen LogP contribution is -1.93. The molecule has 0 bridgehead atoms. The zero-order valence-corrected chi connectivity index (χ0v) is 11.3. The van der Waals surface area contributed by atoms with Gasteiger partial charge < -0.3 is 9.84 Å². The summed E-state index contributed by atoms with van der Waals surface area (Å²) in [4.78, 5) is 5.22. The van der Waals surface area contributed by atoms with Gasteiger partial charge in [0.25, 0.3) is 0 Å². The van der Waals surface area contributed by atoms with Gasteiger partial charge in [0.1, 0.15) is 6.61 Å². The van der Waals surface area contributed by atoms with Crippen LogP contribution in [0.1, 0.15) is 9.88 Å². The van der Waals surface area contributed by atoms with E-state index in [1.165, 1.54) is 0 Å². The summed E-state index contributed by atoms with van der Waals surface area (Å²) in [6, 6.07) is 11.5. The predicted molar refractivity (Wildman–Crippen MR) is 76.8 cm³/mol. The molecule has 0 spiro atoms. The molecule has 3 aromatic rings. The van der Waals surface area contributed by atoms with E-state index in [1.54, 1.807) is 23.6 Å². The number of hydrogen-bond acceptors (Lipinski definition) is 4. The normalized spacial score (nSPS) is 10.8. The highest BCUT2D eigenvalue weighted by atomic mass is 32.1. The SMILES string of the molecule is Cc1ncc(COc2cc3ccccc3cc2O)s1. The van der Waals surface area contributed by atoms with E-state index < -0.39 is 0 Å². The summed E-state index contributed by atoms with van der Waals surface area (Å²) in [5.41, 5.74) is 0. The minimum atomic E-state index is 0.167. The summed E-state index contributed by atoms with van der Waals surface area (Å²) in [6.45, 7) is 2.39. The molecular formula is C15H13NO2S. The molecule has 0 radical (unpaired) electrons. The van der Waals surface area contributed by atoms with E-state index in [0.29, 0.717) is 12.4 Å². The van der Waals surface area contributed by atoms with Crippen LogP contribution in [-0.4, -0.2) is 10.1 Å². The predicted octanol–water partition coefficient (Wildman–Crippen LogP) is 3.89. The standard InChI is InChI=1S/C15H13NO2S/c1-10-16-8-13(19-10)9-18-15-7-12-5-3-2-4-11(12)6-14(15)17/h2-8,17H,9H2,1H3. The first-order valence-electron chi connectivity index (χ1n) is 5.98. The van der Waals surface area contributed by atoms with E-state index in [1.807, 2.05) is 37.3 Å². The first-order valence-corrected chi connectivity index (χ1v) is 6.80. The number of rotatable bonds is 3. The number of aromatic hydroxyl groups is 1. The Hall–Kier alpha value is -2.07. The van der Waals surface area contributed by atoms with Gasteiger partial charge in [0.2, 0.25) is 0 Å². The molecule has 1 aromatic heterocycles. The van der Waals surface area contributed by atoms with Crippen molar-refractivity contribution >= 4 is 22.1 Å². The third kappa shape index (κ3) is 2.53. The Bertz CT molecular complexity index is 721.